The van der Waals surface area contributed by atoms with E-state index in [2.05, 4.69) is 10.1 Å². The molecule has 1 fully saturated rings. The van der Waals surface area contributed by atoms with Crippen molar-refractivity contribution in [3.8, 4) is 0 Å². The van der Waals surface area contributed by atoms with Crippen molar-refractivity contribution < 1.29 is 13.2 Å². The van der Waals surface area contributed by atoms with Crippen LogP contribution >= 0.6 is 0 Å². The maximum Gasteiger partial charge on any atom is 0.255 e. The first-order valence-electron chi connectivity index (χ1n) is 7.31. The van der Waals surface area contributed by atoms with Crippen molar-refractivity contribution in [2.24, 2.45) is 7.05 Å². The Morgan fingerprint density at radius 1 is 1.22 bits per heavy atom. The van der Waals surface area contributed by atoms with Gasteiger partial charge in [0.2, 0.25) is 10.0 Å². The first-order chi connectivity index (χ1) is 10.8. The highest BCUT2D eigenvalue weighted by atomic mass is 32.2. The van der Waals surface area contributed by atoms with E-state index in [0.29, 0.717) is 31.7 Å². The maximum absolute atomic E-state index is 12.6. The fourth-order valence-electron chi connectivity index (χ4n) is 2.83. The Labute approximate surface area is 134 Å². The summed E-state index contributed by atoms with van der Waals surface area (Å²) < 4.78 is 26.1. The summed E-state index contributed by atoms with van der Waals surface area (Å²) in [5.74, 6) is -0.129. The van der Waals surface area contributed by atoms with E-state index >= 15 is 0 Å². The molecule has 0 bridgehead atoms. The van der Waals surface area contributed by atoms with Crippen LogP contribution in [0.4, 0.5) is 0 Å². The molecule has 2 aromatic heterocycles. The highest BCUT2D eigenvalue weighted by Crippen LogP contribution is 2.18. The third kappa shape index (κ3) is 2.93. The third-order valence-electron chi connectivity index (χ3n) is 4.10. The van der Waals surface area contributed by atoms with Crippen LogP contribution in [-0.4, -0.2) is 70.7 Å². The molecule has 1 amide bonds. The lowest BCUT2D eigenvalue weighted by atomic mass is 10.2. The van der Waals surface area contributed by atoms with E-state index < -0.39 is 10.0 Å². The van der Waals surface area contributed by atoms with Crippen LogP contribution in [0, 0.1) is 6.92 Å². The second-order valence-corrected chi connectivity index (χ2v) is 7.74. The molecule has 0 aromatic carbocycles. The van der Waals surface area contributed by atoms with Gasteiger partial charge in [0.05, 0.1) is 17.5 Å². The molecule has 1 saturated heterocycles. The highest BCUT2D eigenvalue weighted by Gasteiger charge is 2.27. The van der Waals surface area contributed by atoms with Crippen LogP contribution in [0.2, 0.25) is 0 Å². The summed E-state index contributed by atoms with van der Waals surface area (Å²) in [7, 11) is -1.39. The minimum atomic E-state index is -3.20. The summed E-state index contributed by atoms with van der Waals surface area (Å²) >= 11 is 0. The van der Waals surface area contributed by atoms with E-state index in [0.717, 1.165) is 16.7 Å². The van der Waals surface area contributed by atoms with Crippen molar-refractivity contribution in [2.45, 2.75) is 6.92 Å². The zero-order valence-corrected chi connectivity index (χ0v) is 14.2. The molecule has 1 aliphatic heterocycles. The van der Waals surface area contributed by atoms with Gasteiger partial charge in [-0.15, -0.1) is 0 Å². The van der Waals surface area contributed by atoms with E-state index in [1.807, 2.05) is 14.0 Å². The van der Waals surface area contributed by atoms with E-state index in [-0.39, 0.29) is 5.91 Å². The Morgan fingerprint density at radius 2 is 1.87 bits per heavy atom. The molecule has 0 saturated carbocycles. The zero-order valence-electron chi connectivity index (χ0n) is 13.4. The molecular formula is C14H19N5O3S. The second-order valence-electron chi connectivity index (χ2n) is 5.76. The fraction of sp³-hybridized carbons (Fsp3) is 0.500. The Morgan fingerprint density at radius 3 is 2.48 bits per heavy atom. The van der Waals surface area contributed by atoms with Crippen molar-refractivity contribution in [1.82, 2.24) is 24.0 Å². The van der Waals surface area contributed by atoms with Gasteiger partial charge in [-0.1, -0.05) is 0 Å². The molecule has 0 unspecified atom stereocenters. The monoisotopic (exact) mass is 337 g/mol. The fourth-order valence-corrected chi connectivity index (χ4v) is 3.66. The summed E-state index contributed by atoms with van der Waals surface area (Å²) in [5.41, 5.74) is 2.06. The highest BCUT2D eigenvalue weighted by molar-refractivity contribution is 7.88. The molecule has 23 heavy (non-hydrogen) atoms. The predicted molar refractivity (Wildman–Crippen MR) is 85.6 cm³/mol. The lowest BCUT2D eigenvalue weighted by Crippen LogP contribution is -2.50. The molecule has 0 spiro atoms. The largest absolute Gasteiger partial charge is 0.336 e. The number of aryl methyl sites for hydroxylation is 2. The molecule has 1 aliphatic rings. The summed E-state index contributed by atoms with van der Waals surface area (Å²) in [4.78, 5) is 18.6. The molecule has 0 radical (unpaired) electrons. The first-order valence-corrected chi connectivity index (χ1v) is 9.16. The van der Waals surface area contributed by atoms with Crippen LogP contribution in [0.1, 0.15) is 16.1 Å². The molecule has 9 heteroatoms. The van der Waals surface area contributed by atoms with E-state index in [1.165, 1.54) is 10.6 Å². The number of rotatable bonds is 2. The summed E-state index contributed by atoms with van der Waals surface area (Å²) in [6.07, 6.45) is 2.74. The lowest BCUT2D eigenvalue weighted by Gasteiger charge is -2.33. The van der Waals surface area contributed by atoms with Gasteiger partial charge in [0.25, 0.3) is 5.91 Å². The van der Waals surface area contributed by atoms with Gasteiger partial charge in [0.15, 0.2) is 5.65 Å². The van der Waals surface area contributed by atoms with Gasteiger partial charge >= 0.3 is 0 Å². The number of sulfonamides is 1. The zero-order chi connectivity index (χ0) is 16.8. The van der Waals surface area contributed by atoms with Gasteiger partial charge in [0, 0.05) is 44.8 Å². The predicted octanol–water partition coefficient (Wildman–Crippen LogP) is -0.00588. The molecule has 0 aliphatic carbocycles. The number of nitrogens with zero attached hydrogens (tertiary/aromatic N) is 5. The molecule has 8 nitrogen and oxygen atoms in total. The first kappa shape index (κ1) is 15.9. The van der Waals surface area contributed by atoms with E-state index in [1.54, 1.807) is 21.8 Å². The molecule has 0 atom stereocenters. The Kier molecular flexibility index (Phi) is 3.85. The number of aromatic nitrogens is 3. The molecule has 3 rings (SSSR count). The van der Waals surface area contributed by atoms with Gasteiger partial charge in [-0.2, -0.15) is 9.40 Å². The maximum atomic E-state index is 12.6. The molecular weight excluding hydrogens is 318 g/mol. The molecule has 3 heterocycles. The van der Waals surface area contributed by atoms with Crippen molar-refractivity contribution in [2.75, 3.05) is 32.4 Å². The third-order valence-corrected chi connectivity index (χ3v) is 5.41. The van der Waals surface area contributed by atoms with Crippen LogP contribution in [-0.2, 0) is 17.1 Å². The Balaban J connectivity index is 1.80. The lowest BCUT2D eigenvalue weighted by molar-refractivity contribution is 0.0698. The second kappa shape index (κ2) is 5.57. The van der Waals surface area contributed by atoms with Gasteiger partial charge in [-0.3, -0.25) is 9.48 Å². The summed E-state index contributed by atoms with van der Waals surface area (Å²) in [6.45, 7) is 3.30. The number of amides is 1. The van der Waals surface area contributed by atoms with Crippen molar-refractivity contribution in [3.63, 3.8) is 0 Å². The average molecular weight is 337 g/mol. The smallest absolute Gasteiger partial charge is 0.255 e. The number of piperazine rings is 1. The van der Waals surface area contributed by atoms with Gasteiger partial charge in [0.1, 0.15) is 0 Å². The Hall–Kier alpha value is -2.00. The molecule has 0 N–H and O–H groups in total. The average Bonchev–Trinajstić information content (AvgIpc) is 2.80. The van der Waals surface area contributed by atoms with Gasteiger partial charge < -0.3 is 4.90 Å². The molecule has 2 aromatic rings. The van der Waals surface area contributed by atoms with Crippen LogP contribution in [0.3, 0.4) is 0 Å². The number of carbonyl (C=O) groups is 1. The summed E-state index contributed by atoms with van der Waals surface area (Å²) in [6, 6.07) is 1.80. The quantitative estimate of drug-likeness (QED) is 0.769. The van der Waals surface area contributed by atoms with E-state index in [9.17, 15) is 13.2 Å². The summed E-state index contributed by atoms with van der Waals surface area (Å²) in [5, 5.41) is 5.15. The number of fused-ring (bicyclic) bond motifs is 1. The normalized spacial score (nSPS) is 16.9. The molecule has 124 valence electrons. The van der Waals surface area contributed by atoms with Crippen LogP contribution in [0.5, 0.6) is 0 Å². The van der Waals surface area contributed by atoms with Crippen molar-refractivity contribution in [3.05, 3.63) is 23.5 Å². The Bertz CT molecular complexity index is 866. The van der Waals surface area contributed by atoms with Crippen LogP contribution in [0.15, 0.2) is 12.3 Å². The SMILES string of the molecule is Cc1nn(C)c2ncc(C(=O)N3CCN(S(C)(=O)=O)CC3)cc12. The number of hydrogen-bond donors (Lipinski definition) is 0. The minimum absolute atomic E-state index is 0.129. The van der Waals surface area contributed by atoms with E-state index in [4.69, 9.17) is 0 Å². The van der Waals surface area contributed by atoms with Gasteiger partial charge in [-0.25, -0.2) is 13.4 Å². The topological polar surface area (TPSA) is 88.4 Å². The standard InChI is InChI=1S/C14H19N5O3S/c1-10-12-8-11(9-15-13(12)17(2)16-10)14(20)18-4-6-19(7-5-18)23(3,21)22/h8-9H,4-7H2,1-3H3. The number of pyridine rings is 1. The van der Waals surface area contributed by atoms with Crippen LogP contribution in [0.25, 0.3) is 11.0 Å². The van der Waals surface area contributed by atoms with Crippen LogP contribution < -0.4 is 0 Å². The van der Waals surface area contributed by atoms with Gasteiger partial charge in [-0.05, 0) is 13.0 Å². The number of carbonyl (C=O) groups excluding carboxylic acids is 1. The van der Waals surface area contributed by atoms with Crippen molar-refractivity contribution >= 4 is 27.0 Å². The minimum Gasteiger partial charge on any atom is -0.336 e. The van der Waals surface area contributed by atoms with Crippen molar-refractivity contribution in [1.29, 1.82) is 0 Å². The number of hydrogen-bond acceptors (Lipinski definition) is 5.